The fourth-order valence-corrected chi connectivity index (χ4v) is 3.51. The number of hydrogen-bond acceptors (Lipinski definition) is 4. The predicted molar refractivity (Wildman–Crippen MR) is 93.8 cm³/mol. The molecule has 0 aliphatic rings. The van der Waals surface area contributed by atoms with Crippen LogP contribution in [0.5, 0.6) is 0 Å². The van der Waals surface area contributed by atoms with Crippen molar-refractivity contribution in [2.45, 2.75) is 6.54 Å². The molecule has 0 spiro atoms. The molecule has 0 aliphatic heterocycles. The van der Waals surface area contributed by atoms with Gasteiger partial charge in [-0.2, -0.15) is 11.8 Å². The predicted octanol–water partition coefficient (Wildman–Crippen LogP) is 3.99. The number of nitrogens with zero attached hydrogens (tertiary/aromatic N) is 2. The maximum Gasteiger partial charge on any atom is 0.209 e. The lowest BCUT2D eigenvalue weighted by Gasteiger charge is -2.04. The van der Waals surface area contributed by atoms with Gasteiger partial charge in [-0.25, -0.2) is 0 Å². The van der Waals surface area contributed by atoms with Crippen molar-refractivity contribution in [3.05, 3.63) is 59.4 Å². The maximum absolute atomic E-state index is 4.59. The molecular formula is C16H17N3S2. The number of hydrogen-bond donors (Lipinski definition) is 1. The Hall–Kier alpha value is -1.72. The summed E-state index contributed by atoms with van der Waals surface area (Å²) in [6, 6.07) is 18.5. The number of thiazole rings is 1. The Morgan fingerprint density at radius 3 is 2.67 bits per heavy atom. The highest BCUT2D eigenvalue weighted by molar-refractivity contribution is 7.98. The fourth-order valence-electron chi connectivity index (χ4n) is 2.13. The molecule has 0 fully saturated rings. The highest BCUT2D eigenvalue weighted by atomic mass is 32.2. The lowest BCUT2D eigenvalue weighted by molar-refractivity contribution is 0.770. The molecule has 5 heteroatoms. The van der Waals surface area contributed by atoms with Crippen molar-refractivity contribution in [1.29, 1.82) is 0 Å². The van der Waals surface area contributed by atoms with Crippen molar-refractivity contribution >= 4 is 39.0 Å². The molecule has 0 saturated carbocycles. The number of rotatable bonds is 5. The van der Waals surface area contributed by atoms with Gasteiger partial charge in [0.1, 0.15) is 0 Å². The second-order valence-electron chi connectivity index (χ2n) is 4.59. The van der Waals surface area contributed by atoms with Gasteiger partial charge in [-0.1, -0.05) is 41.7 Å². The zero-order valence-electron chi connectivity index (χ0n) is 11.8. The molecule has 3 aromatic rings. The molecule has 0 aliphatic carbocycles. The zero-order chi connectivity index (χ0) is 14.5. The lowest BCUT2D eigenvalue weighted by Crippen LogP contribution is -2.17. The monoisotopic (exact) mass is 315 g/mol. The van der Waals surface area contributed by atoms with Gasteiger partial charge >= 0.3 is 0 Å². The van der Waals surface area contributed by atoms with E-state index >= 15 is 0 Å². The molecule has 1 heterocycles. The summed E-state index contributed by atoms with van der Waals surface area (Å²) in [5.41, 5.74) is 5.41. The summed E-state index contributed by atoms with van der Waals surface area (Å²) in [6.07, 6.45) is 2.13. The van der Waals surface area contributed by atoms with Crippen molar-refractivity contribution in [2.75, 3.05) is 17.4 Å². The lowest BCUT2D eigenvalue weighted by atomic mass is 10.3. The van der Waals surface area contributed by atoms with Crippen molar-refractivity contribution < 1.29 is 0 Å². The molecule has 0 amide bonds. The van der Waals surface area contributed by atoms with E-state index in [1.165, 1.54) is 10.2 Å². The van der Waals surface area contributed by atoms with Crippen molar-refractivity contribution in [1.82, 2.24) is 4.57 Å². The number of thioether (sulfide) groups is 1. The molecule has 1 aromatic heterocycles. The van der Waals surface area contributed by atoms with Crippen LogP contribution in [0.4, 0.5) is 5.69 Å². The SMILES string of the molecule is CSCCn1c(=NNc2ccccc2)sc2ccccc21. The van der Waals surface area contributed by atoms with E-state index in [0.29, 0.717) is 0 Å². The molecule has 2 aromatic carbocycles. The van der Waals surface area contributed by atoms with Gasteiger partial charge in [0, 0.05) is 12.3 Å². The summed E-state index contributed by atoms with van der Waals surface area (Å²) < 4.78 is 3.55. The summed E-state index contributed by atoms with van der Waals surface area (Å²) >= 11 is 3.57. The second-order valence-corrected chi connectivity index (χ2v) is 6.58. The number of aromatic nitrogens is 1. The third-order valence-electron chi connectivity index (χ3n) is 3.16. The first kappa shape index (κ1) is 14.2. The number of aryl methyl sites for hydroxylation is 1. The molecule has 21 heavy (non-hydrogen) atoms. The Kier molecular flexibility index (Phi) is 4.62. The first-order valence-corrected chi connectivity index (χ1v) is 9.01. The number of nitrogens with one attached hydrogen (secondary N) is 1. The summed E-state index contributed by atoms with van der Waals surface area (Å²) in [5, 5.41) is 4.59. The second kappa shape index (κ2) is 6.83. The highest BCUT2D eigenvalue weighted by Crippen LogP contribution is 2.17. The molecule has 0 radical (unpaired) electrons. The highest BCUT2D eigenvalue weighted by Gasteiger charge is 2.05. The Bertz CT molecular complexity index is 775. The number of fused-ring (bicyclic) bond motifs is 1. The Morgan fingerprint density at radius 1 is 1.10 bits per heavy atom. The molecule has 0 unspecified atom stereocenters. The minimum absolute atomic E-state index is 0.973. The number of anilines is 1. The first-order chi connectivity index (χ1) is 10.4. The molecule has 108 valence electrons. The zero-order valence-corrected chi connectivity index (χ0v) is 13.5. The third kappa shape index (κ3) is 3.31. The van der Waals surface area contributed by atoms with E-state index < -0.39 is 0 Å². The smallest absolute Gasteiger partial charge is 0.209 e. The van der Waals surface area contributed by atoms with Crippen LogP contribution in [0.3, 0.4) is 0 Å². The van der Waals surface area contributed by atoms with Gasteiger partial charge in [0.15, 0.2) is 0 Å². The van der Waals surface area contributed by atoms with Crippen LogP contribution in [0.2, 0.25) is 0 Å². The normalized spacial score (nSPS) is 12.0. The van der Waals surface area contributed by atoms with Crippen molar-refractivity contribution in [3.63, 3.8) is 0 Å². The molecule has 3 nitrogen and oxygen atoms in total. The van der Waals surface area contributed by atoms with Gasteiger partial charge in [-0.15, -0.1) is 5.10 Å². The Labute approximate surface area is 132 Å². The van der Waals surface area contributed by atoms with Gasteiger partial charge < -0.3 is 4.57 Å². The largest absolute Gasteiger partial charge is 0.314 e. The maximum atomic E-state index is 4.59. The average molecular weight is 315 g/mol. The molecular weight excluding hydrogens is 298 g/mol. The first-order valence-electron chi connectivity index (χ1n) is 6.80. The summed E-state index contributed by atoms with van der Waals surface area (Å²) in [5.74, 6) is 1.08. The molecule has 0 bridgehead atoms. The molecule has 0 atom stereocenters. The Morgan fingerprint density at radius 2 is 1.86 bits per heavy atom. The van der Waals surface area contributed by atoms with Gasteiger partial charge in [-0.05, 0) is 30.5 Å². The van der Waals surface area contributed by atoms with Crippen molar-refractivity contribution in [2.24, 2.45) is 5.10 Å². The van der Waals surface area contributed by atoms with E-state index in [4.69, 9.17) is 0 Å². The van der Waals surface area contributed by atoms with Crippen LogP contribution < -0.4 is 10.2 Å². The van der Waals surface area contributed by atoms with E-state index in [1.54, 1.807) is 11.3 Å². The van der Waals surface area contributed by atoms with Crippen LogP contribution in [0.15, 0.2) is 59.7 Å². The van der Waals surface area contributed by atoms with Crippen LogP contribution >= 0.6 is 23.1 Å². The summed E-state index contributed by atoms with van der Waals surface area (Å²) in [7, 11) is 0. The third-order valence-corrected chi connectivity index (χ3v) is 4.81. The molecule has 3 rings (SSSR count). The van der Waals surface area contributed by atoms with Crippen molar-refractivity contribution in [3.8, 4) is 0 Å². The van der Waals surface area contributed by atoms with Crippen LogP contribution in [0.1, 0.15) is 0 Å². The quantitative estimate of drug-likeness (QED) is 0.721. The average Bonchev–Trinajstić information content (AvgIpc) is 2.89. The van der Waals surface area contributed by atoms with Crippen LogP contribution in [0, 0.1) is 0 Å². The van der Waals surface area contributed by atoms with Gasteiger partial charge in [0.2, 0.25) is 4.80 Å². The van der Waals surface area contributed by atoms with Gasteiger partial charge in [0.25, 0.3) is 0 Å². The number of para-hydroxylation sites is 2. The van der Waals surface area contributed by atoms with E-state index in [-0.39, 0.29) is 0 Å². The van der Waals surface area contributed by atoms with E-state index in [0.717, 1.165) is 22.8 Å². The molecule has 1 N–H and O–H groups in total. The minimum Gasteiger partial charge on any atom is -0.314 e. The topological polar surface area (TPSA) is 29.3 Å². The fraction of sp³-hybridized carbons (Fsp3) is 0.188. The van der Waals surface area contributed by atoms with E-state index in [9.17, 15) is 0 Å². The van der Waals surface area contributed by atoms with Crippen LogP contribution in [-0.2, 0) is 6.54 Å². The summed E-state index contributed by atoms with van der Waals surface area (Å²) in [4.78, 5) is 1.01. The van der Waals surface area contributed by atoms with E-state index in [2.05, 4.69) is 45.6 Å². The summed E-state index contributed by atoms with van der Waals surface area (Å²) in [6.45, 7) is 0.973. The standard InChI is InChI=1S/C16H17N3S2/c1-20-12-11-19-14-9-5-6-10-15(14)21-16(19)18-17-13-7-3-2-4-8-13/h2-10,17H,11-12H2,1H3. The van der Waals surface area contributed by atoms with E-state index in [1.807, 2.05) is 42.1 Å². The number of benzene rings is 2. The minimum atomic E-state index is 0.973. The van der Waals surface area contributed by atoms with Crippen LogP contribution in [0.25, 0.3) is 10.2 Å². The van der Waals surface area contributed by atoms with Gasteiger partial charge in [-0.3, -0.25) is 5.43 Å². The van der Waals surface area contributed by atoms with Crippen LogP contribution in [-0.4, -0.2) is 16.6 Å². The van der Waals surface area contributed by atoms with Gasteiger partial charge in [0.05, 0.1) is 15.9 Å². The molecule has 0 saturated heterocycles. The Balaban J connectivity index is 2.00.